The molecular weight excluding hydrogens is 298 g/mol. The van der Waals surface area contributed by atoms with Gasteiger partial charge >= 0.3 is 0 Å². The molecule has 6 nitrogen and oxygen atoms in total. The highest BCUT2D eigenvalue weighted by molar-refractivity contribution is 7.09. The van der Waals surface area contributed by atoms with Crippen molar-refractivity contribution in [2.24, 2.45) is 7.05 Å². The smallest absolute Gasteiger partial charge is 0.205 e. The van der Waals surface area contributed by atoms with Crippen LogP contribution in [-0.4, -0.2) is 37.5 Å². The second-order valence-corrected chi connectivity index (χ2v) is 6.96. The Kier molecular flexibility index (Phi) is 3.44. The minimum absolute atomic E-state index is 0.164. The maximum Gasteiger partial charge on any atom is 0.205 e. The summed E-state index contributed by atoms with van der Waals surface area (Å²) in [5.74, 6) is 1.75. The maximum atomic E-state index is 12.4. The molecule has 2 aromatic rings. The van der Waals surface area contributed by atoms with Gasteiger partial charge in [0.05, 0.1) is 11.8 Å². The number of hydrogen-bond acceptors (Lipinski definition) is 6. The van der Waals surface area contributed by atoms with Crippen LogP contribution in [0.15, 0.2) is 12.4 Å². The third kappa shape index (κ3) is 2.65. The van der Waals surface area contributed by atoms with Gasteiger partial charge in [0, 0.05) is 49.7 Å². The van der Waals surface area contributed by atoms with Gasteiger partial charge in [-0.1, -0.05) is 0 Å². The van der Waals surface area contributed by atoms with Crippen LogP contribution in [0, 0.1) is 0 Å². The van der Waals surface area contributed by atoms with E-state index >= 15 is 0 Å². The number of carbonyl (C=O) groups is 1. The Morgan fingerprint density at radius 2 is 2.27 bits per heavy atom. The summed E-state index contributed by atoms with van der Waals surface area (Å²) in [4.78, 5) is 19.4. The number of aromatic nitrogens is 4. The van der Waals surface area contributed by atoms with E-state index in [0.717, 1.165) is 30.3 Å². The Balaban J connectivity index is 1.47. The van der Waals surface area contributed by atoms with Crippen molar-refractivity contribution >= 4 is 22.4 Å². The molecule has 0 amide bonds. The number of ketones is 1. The molecular formula is C15H19N5OS. The summed E-state index contributed by atoms with van der Waals surface area (Å²) in [6.07, 6.45) is 8.57. The van der Waals surface area contributed by atoms with Crippen LogP contribution >= 0.6 is 11.5 Å². The lowest BCUT2D eigenvalue weighted by Gasteiger charge is -2.22. The van der Waals surface area contributed by atoms with E-state index in [1.165, 1.54) is 24.4 Å². The van der Waals surface area contributed by atoms with Crippen LogP contribution in [0.2, 0.25) is 0 Å². The Hall–Kier alpha value is -1.76. The van der Waals surface area contributed by atoms with E-state index in [1.54, 1.807) is 17.1 Å². The van der Waals surface area contributed by atoms with Gasteiger partial charge in [-0.3, -0.25) is 9.48 Å². The Bertz CT molecular complexity index is 690. The Morgan fingerprint density at radius 1 is 1.41 bits per heavy atom. The van der Waals surface area contributed by atoms with Crippen LogP contribution in [0.3, 0.4) is 0 Å². The van der Waals surface area contributed by atoms with Gasteiger partial charge in [-0.05, 0) is 25.7 Å². The molecule has 22 heavy (non-hydrogen) atoms. The van der Waals surface area contributed by atoms with Crippen molar-refractivity contribution in [3.63, 3.8) is 0 Å². The van der Waals surface area contributed by atoms with Crippen LogP contribution in [0.4, 0.5) is 5.13 Å². The monoisotopic (exact) mass is 317 g/mol. The van der Waals surface area contributed by atoms with Gasteiger partial charge in [-0.2, -0.15) is 9.47 Å². The molecule has 1 unspecified atom stereocenters. The van der Waals surface area contributed by atoms with Crippen molar-refractivity contribution in [1.82, 2.24) is 19.1 Å². The summed E-state index contributed by atoms with van der Waals surface area (Å²) in [5, 5.41) is 5.07. The predicted octanol–water partition coefficient (Wildman–Crippen LogP) is 2.39. The molecule has 0 bridgehead atoms. The second-order valence-electron chi connectivity index (χ2n) is 6.23. The Labute approximate surface area is 133 Å². The van der Waals surface area contributed by atoms with Gasteiger partial charge in [-0.25, -0.2) is 4.98 Å². The molecule has 4 rings (SSSR count). The number of aryl methyl sites for hydroxylation is 1. The summed E-state index contributed by atoms with van der Waals surface area (Å²) in [7, 11) is 1.83. The molecule has 7 heteroatoms. The average molecular weight is 317 g/mol. The lowest BCUT2D eigenvalue weighted by atomic mass is 10.0. The first-order valence-electron chi connectivity index (χ1n) is 7.83. The minimum Gasteiger partial charge on any atom is -0.343 e. The van der Waals surface area contributed by atoms with Crippen LogP contribution in [0.1, 0.15) is 54.2 Å². The SMILES string of the molecule is Cn1cc(C(=O)CC2CCCN2c2nc(C3CC3)ns2)cn1. The fourth-order valence-corrected chi connectivity index (χ4v) is 3.89. The summed E-state index contributed by atoms with van der Waals surface area (Å²) >= 11 is 1.48. The molecule has 1 saturated heterocycles. The molecule has 2 fully saturated rings. The molecule has 1 aliphatic heterocycles. The molecule has 2 aromatic heterocycles. The first-order valence-corrected chi connectivity index (χ1v) is 8.60. The van der Waals surface area contributed by atoms with Gasteiger partial charge in [0.15, 0.2) is 5.78 Å². The van der Waals surface area contributed by atoms with Gasteiger partial charge < -0.3 is 4.90 Å². The molecule has 1 atom stereocenters. The van der Waals surface area contributed by atoms with E-state index in [1.807, 2.05) is 7.05 Å². The quantitative estimate of drug-likeness (QED) is 0.792. The zero-order valence-electron chi connectivity index (χ0n) is 12.6. The number of Topliss-reactive ketones (excluding diaryl/α,β-unsaturated/α-hetero) is 1. The van der Waals surface area contributed by atoms with E-state index in [4.69, 9.17) is 4.98 Å². The van der Waals surface area contributed by atoms with Gasteiger partial charge in [0.25, 0.3) is 0 Å². The predicted molar refractivity (Wildman–Crippen MR) is 84.4 cm³/mol. The summed E-state index contributed by atoms with van der Waals surface area (Å²) < 4.78 is 6.16. The van der Waals surface area contributed by atoms with Crippen molar-refractivity contribution < 1.29 is 4.79 Å². The van der Waals surface area contributed by atoms with Crippen molar-refractivity contribution in [2.45, 2.75) is 44.1 Å². The highest BCUT2D eigenvalue weighted by Gasteiger charge is 2.32. The lowest BCUT2D eigenvalue weighted by molar-refractivity contribution is 0.0974. The first kappa shape index (κ1) is 13.9. The Morgan fingerprint density at radius 3 is 3.00 bits per heavy atom. The van der Waals surface area contributed by atoms with Gasteiger partial charge in [0.1, 0.15) is 5.82 Å². The summed E-state index contributed by atoms with van der Waals surface area (Å²) in [5.41, 5.74) is 0.699. The average Bonchev–Trinajstić information content (AvgIpc) is 2.92. The van der Waals surface area contributed by atoms with E-state index in [0.29, 0.717) is 17.9 Å². The van der Waals surface area contributed by atoms with Crippen LogP contribution in [0.25, 0.3) is 0 Å². The highest BCUT2D eigenvalue weighted by Crippen LogP contribution is 2.40. The molecule has 2 aliphatic rings. The van der Waals surface area contributed by atoms with Crippen LogP contribution < -0.4 is 4.90 Å². The molecule has 1 aliphatic carbocycles. The first-order chi connectivity index (χ1) is 10.7. The normalized spacial score (nSPS) is 21.5. The van der Waals surface area contributed by atoms with Gasteiger partial charge in [0.2, 0.25) is 5.13 Å². The number of anilines is 1. The molecule has 0 radical (unpaired) electrons. The highest BCUT2D eigenvalue weighted by atomic mass is 32.1. The van der Waals surface area contributed by atoms with Crippen LogP contribution in [-0.2, 0) is 7.05 Å². The topological polar surface area (TPSA) is 63.9 Å². The van der Waals surface area contributed by atoms with E-state index in [-0.39, 0.29) is 11.8 Å². The minimum atomic E-state index is 0.164. The maximum absolute atomic E-state index is 12.4. The van der Waals surface area contributed by atoms with Crippen molar-refractivity contribution in [2.75, 3.05) is 11.4 Å². The largest absolute Gasteiger partial charge is 0.343 e. The zero-order valence-corrected chi connectivity index (χ0v) is 13.4. The number of nitrogens with zero attached hydrogens (tertiary/aromatic N) is 5. The van der Waals surface area contributed by atoms with Crippen LogP contribution in [0.5, 0.6) is 0 Å². The van der Waals surface area contributed by atoms with Gasteiger partial charge in [-0.15, -0.1) is 0 Å². The molecule has 0 aromatic carbocycles. The fraction of sp³-hybridized carbons (Fsp3) is 0.600. The third-order valence-electron chi connectivity index (χ3n) is 4.44. The van der Waals surface area contributed by atoms with E-state index in [9.17, 15) is 4.79 Å². The van der Waals surface area contributed by atoms with Crippen molar-refractivity contribution in [3.8, 4) is 0 Å². The molecule has 116 valence electrons. The molecule has 1 saturated carbocycles. The number of hydrogen-bond donors (Lipinski definition) is 0. The lowest BCUT2D eigenvalue weighted by Crippen LogP contribution is -2.31. The molecule has 3 heterocycles. The molecule has 0 N–H and O–H groups in total. The van der Waals surface area contributed by atoms with E-state index in [2.05, 4.69) is 14.4 Å². The van der Waals surface area contributed by atoms with Crippen molar-refractivity contribution in [3.05, 3.63) is 23.8 Å². The number of rotatable bonds is 5. The summed E-state index contributed by atoms with van der Waals surface area (Å²) in [6.45, 7) is 0.976. The molecule has 0 spiro atoms. The van der Waals surface area contributed by atoms with E-state index < -0.39 is 0 Å². The van der Waals surface area contributed by atoms with Crippen molar-refractivity contribution in [1.29, 1.82) is 0 Å². The number of carbonyl (C=O) groups excluding carboxylic acids is 1. The summed E-state index contributed by atoms with van der Waals surface area (Å²) in [6, 6.07) is 0.243. The third-order valence-corrected chi connectivity index (χ3v) is 5.21. The standard InChI is InChI=1S/C15H19N5OS/c1-19-9-11(8-16-19)13(21)7-12-3-2-6-20(12)15-17-14(18-22-15)10-4-5-10/h8-10,12H,2-7H2,1H3. The fourth-order valence-electron chi connectivity index (χ4n) is 3.05. The second kappa shape index (κ2) is 5.46. The zero-order chi connectivity index (χ0) is 15.1.